The SMILES string of the molecule is CCCCC(CCOc1ccc(CCC(=O)OCC)cc1)c1sc2cc(C(C)(C)F)ccc2c1C. The van der Waals surface area contributed by atoms with Gasteiger partial charge in [0.2, 0.25) is 0 Å². The van der Waals surface area contributed by atoms with Crippen molar-refractivity contribution in [2.24, 2.45) is 0 Å². The van der Waals surface area contributed by atoms with E-state index in [1.807, 2.05) is 54.7 Å². The lowest BCUT2D eigenvalue weighted by Gasteiger charge is -2.17. The van der Waals surface area contributed by atoms with Crippen molar-refractivity contribution < 1.29 is 18.7 Å². The summed E-state index contributed by atoms with van der Waals surface area (Å²) >= 11 is 1.81. The Morgan fingerprint density at radius 2 is 1.83 bits per heavy atom. The normalized spacial score (nSPS) is 12.6. The molecule has 0 saturated carbocycles. The van der Waals surface area contributed by atoms with Crippen molar-refractivity contribution in [1.82, 2.24) is 0 Å². The summed E-state index contributed by atoms with van der Waals surface area (Å²) in [6, 6.07) is 14.0. The lowest BCUT2D eigenvalue weighted by Crippen LogP contribution is -2.08. The highest BCUT2D eigenvalue weighted by molar-refractivity contribution is 7.19. The second-order valence-electron chi connectivity index (χ2n) is 9.70. The maximum Gasteiger partial charge on any atom is 0.306 e. The van der Waals surface area contributed by atoms with E-state index < -0.39 is 5.67 Å². The predicted octanol–water partition coefficient (Wildman–Crippen LogP) is 8.65. The molecule has 0 aliphatic carbocycles. The van der Waals surface area contributed by atoms with Gasteiger partial charge in [0.25, 0.3) is 0 Å². The first-order valence-electron chi connectivity index (χ1n) is 12.8. The van der Waals surface area contributed by atoms with Gasteiger partial charge in [0.05, 0.1) is 13.2 Å². The number of fused-ring (bicyclic) bond motifs is 1. The lowest BCUT2D eigenvalue weighted by atomic mass is 9.93. The summed E-state index contributed by atoms with van der Waals surface area (Å²) in [5.74, 6) is 1.12. The van der Waals surface area contributed by atoms with E-state index in [4.69, 9.17) is 9.47 Å². The Hall–Kier alpha value is -2.40. The Kier molecular flexibility index (Phi) is 9.73. The number of hydrogen-bond acceptors (Lipinski definition) is 4. The van der Waals surface area contributed by atoms with E-state index in [9.17, 15) is 9.18 Å². The minimum Gasteiger partial charge on any atom is -0.494 e. The molecule has 0 fully saturated rings. The third-order valence-electron chi connectivity index (χ3n) is 6.52. The highest BCUT2D eigenvalue weighted by atomic mass is 32.1. The molecule has 3 rings (SSSR count). The maximum absolute atomic E-state index is 14.5. The fraction of sp³-hybridized carbons (Fsp3) is 0.500. The van der Waals surface area contributed by atoms with Gasteiger partial charge in [0.1, 0.15) is 11.4 Å². The van der Waals surface area contributed by atoms with Gasteiger partial charge in [-0.15, -0.1) is 11.3 Å². The van der Waals surface area contributed by atoms with E-state index in [-0.39, 0.29) is 5.97 Å². The molecular weight excluding hydrogens is 459 g/mol. The number of hydrogen-bond donors (Lipinski definition) is 0. The van der Waals surface area contributed by atoms with Crippen molar-refractivity contribution in [2.45, 2.75) is 84.7 Å². The fourth-order valence-electron chi connectivity index (χ4n) is 4.41. The largest absolute Gasteiger partial charge is 0.494 e. The molecule has 1 atom stereocenters. The van der Waals surface area contributed by atoms with E-state index in [1.165, 1.54) is 26.9 Å². The highest BCUT2D eigenvalue weighted by Crippen LogP contribution is 2.41. The molecule has 5 heteroatoms. The molecule has 2 aromatic carbocycles. The van der Waals surface area contributed by atoms with Crippen molar-refractivity contribution in [2.75, 3.05) is 13.2 Å². The molecule has 0 aliphatic heterocycles. The molecule has 0 saturated heterocycles. The van der Waals surface area contributed by atoms with Crippen LogP contribution in [0.1, 0.15) is 87.3 Å². The number of thiophene rings is 1. The Balaban J connectivity index is 1.65. The van der Waals surface area contributed by atoms with Crippen molar-refractivity contribution in [3.63, 3.8) is 0 Å². The summed E-state index contributed by atoms with van der Waals surface area (Å²) in [5.41, 5.74) is 1.82. The van der Waals surface area contributed by atoms with Gasteiger partial charge >= 0.3 is 5.97 Å². The average molecular weight is 499 g/mol. The smallest absolute Gasteiger partial charge is 0.306 e. The zero-order chi connectivity index (χ0) is 25.4. The summed E-state index contributed by atoms with van der Waals surface area (Å²) in [6.07, 6.45) is 5.48. The molecule has 1 heterocycles. The summed E-state index contributed by atoms with van der Waals surface area (Å²) < 4.78 is 26.8. The van der Waals surface area contributed by atoms with Crippen LogP contribution in [0, 0.1) is 6.92 Å². The van der Waals surface area contributed by atoms with E-state index in [0.29, 0.717) is 32.0 Å². The molecular formula is C30H39FO3S. The molecule has 1 aromatic heterocycles. The van der Waals surface area contributed by atoms with Crippen molar-refractivity contribution >= 4 is 27.4 Å². The van der Waals surface area contributed by atoms with Crippen LogP contribution < -0.4 is 4.74 Å². The summed E-state index contributed by atoms with van der Waals surface area (Å²) in [6.45, 7) is 10.5. The van der Waals surface area contributed by atoms with Crippen LogP contribution in [0.4, 0.5) is 4.39 Å². The number of rotatable bonds is 13. The van der Waals surface area contributed by atoms with Gasteiger partial charge in [-0.25, -0.2) is 4.39 Å². The molecule has 35 heavy (non-hydrogen) atoms. The topological polar surface area (TPSA) is 35.5 Å². The first kappa shape index (κ1) is 27.2. The Morgan fingerprint density at radius 3 is 2.49 bits per heavy atom. The molecule has 1 unspecified atom stereocenters. The van der Waals surface area contributed by atoms with Crippen LogP contribution >= 0.6 is 11.3 Å². The third-order valence-corrected chi connectivity index (χ3v) is 7.94. The molecule has 190 valence electrons. The van der Waals surface area contributed by atoms with E-state index in [2.05, 4.69) is 19.9 Å². The van der Waals surface area contributed by atoms with Gasteiger partial charge in [-0.1, -0.05) is 44.0 Å². The van der Waals surface area contributed by atoms with Gasteiger partial charge in [-0.3, -0.25) is 4.79 Å². The van der Waals surface area contributed by atoms with Crippen LogP contribution in [0.5, 0.6) is 5.75 Å². The second kappa shape index (κ2) is 12.5. The zero-order valence-electron chi connectivity index (χ0n) is 21.8. The minimum absolute atomic E-state index is 0.160. The van der Waals surface area contributed by atoms with E-state index >= 15 is 0 Å². The number of unbranched alkanes of at least 4 members (excludes halogenated alkanes) is 1. The molecule has 0 amide bonds. The molecule has 0 N–H and O–H groups in total. The summed E-state index contributed by atoms with van der Waals surface area (Å²) in [5, 5.41) is 1.24. The Morgan fingerprint density at radius 1 is 1.09 bits per heavy atom. The Bertz CT molecular complexity index is 1100. The van der Waals surface area contributed by atoms with Crippen LogP contribution in [0.15, 0.2) is 42.5 Å². The van der Waals surface area contributed by atoms with E-state index in [0.717, 1.165) is 36.1 Å². The van der Waals surface area contributed by atoms with E-state index in [1.54, 1.807) is 13.8 Å². The average Bonchev–Trinajstić information content (AvgIpc) is 3.16. The first-order valence-corrected chi connectivity index (χ1v) is 13.6. The molecule has 0 aliphatic rings. The summed E-state index contributed by atoms with van der Waals surface area (Å²) in [4.78, 5) is 13.0. The number of alkyl halides is 1. The van der Waals surface area contributed by atoms with Crippen molar-refractivity contribution in [3.8, 4) is 5.75 Å². The fourth-order valence-corrected chi connectivity index (χ4v) is 5.83. The number of ether oxygens (including phenoxy) is 2. The molecule has 0 spiro atoms. The van der Waals surface area contributed by atoms with Gasteiger partial charge in [-0.05, 0) is 93.2 Å². The Labute approximate surface area is 213 Å². The number of benzene rings is 2. The van der Waals surface area contributed by atoms with Crippen LogP contribution in [0.3, 0.4) is 0 Å². The van der Waals surface area contributed by atoms with Crippen LogP contribution in [-0.4, -0.2) is 19.2 Å². The van der Waals surface area contributed by atoms with Crippen LogP contribution in [0.2, 0.25) is 0 Å². The molecule has 3 aromatic rings. The zero-order valence-corrected chi connectivity index (χ0v) is 22.6. The standard InChI is InChI=1S/C30H39FO3S/c1-6-8-9-23(29-21(3)26-16-13-24(30(4,5)31)20-27(26)35-29)18-19-34-25-14-10-22(11-15-25)12-17-28(32)33-7-2/h10-11,13-16,20,23H,6-9,12,17-19H2,1-5H3. The van der Waals surface area contributed by atoms with Gasteiger partial charge in [0.15, 0.2) is 0 Å². The van der Waals surface area contributed by atoms with Crippen LogP contribution in [-0.2, 0) is 21.6 Å². The van der Waals surface area contributed by atoms with Gasteiger partial charge < -0.3 is 9.47 Å². The highest BCUT2D eigenvalue weighted by Gasteiger charge is 2.22. The number of halogens is 1. The minimum atomic E-state index is -1.34. The number of aryl methyl sites for hydroxylation is 2. The lowest BCUT2D eigenvalue weighted by molar-refractivity contribution is -0.143. The maximum atomic E-state index is 14.5. The van der Waals surface area contributed by atoms with Gasteiger partial charge in [0, 0.05) is 16.0 Å². The third kappa shape index (κ3) is 7.54. The number of carbonyl (C=O) groups excluding carboxylic acids is 1. The van der Waals surface area contributed by atoms with Gasteiger partial charge in [-0.2, -0.15) is 0 Å². The number of esters is 1. The molecule has 0 bridgehead atoms. The van der Waals surface area contributed by atoms with Crippen molar-refractivity contribution in [3.05, 3.63) is 64.0 Å². The first-order chi connectivity index (χ1) is 16.7. The number of carbonyl (C=O) groups is 1. The predicted molar refractivity (Wildman–Crippen MR) is 144 cm³/mol. The molecule has 3 nitrogen and oxygen atoms in total. The summed E-state index contributed by atoms with van der Waals surface area (Å²) in [7, 11) is 0. The molecule has 0 radical (unpaired) electrons. The quantitative estimate of drug-likeness (QED) is 0.221. The second-order valence-corrected chi connectivity index (χ2v) is 10.8. The monoisotopic (exact) mass is 498 g/mol. The van der Waals surface area contributed by atoms with Crippen molar-refractivity contribution in [1.29, 1.82) is 0 Å². The van der Waals surface area contributed by atoms with Crippen LogP contribution in [0.25, 0.3) is 10.1 Å².